The molecule has 4 N–H and O–H groups in total. The molecule has 0 rings (SSSR count). The minimum absolute atomic E-state index is 0.449. The van der Waals surface area contributed by atoms with Gasteiger partial charge < -0.3 is 19.4 Å². The van der Waals surface area contributed by atoms with E-state index in [2.05, 4.69) is 74.7 Å². The monoisotopic (exact) mass is 892 g/mol. The van der Waals surface area contributed by atoms with Crippen molar-refractivity contribution in [1.82, 2.24) is 21.9 Å². The Morgan fingerprint density at radius 1 is 0.517 bits per heavy atom. The van der Waals surface area contributed by atoms with Crippen LogP contribution in [0.15, 0.2) is 10.4 Å². The average molecular weight is 892 g/mol. The van der Waals surface area contributed by atoms with Crippen molar-refractivity contribution in [3.63, 3.8) is 0 Å². The van der Waals surface area contributed by atoms with Crippen LogP contribution in [-0.4, -0.2) is 98.2 Å². The Morgan fingerprint density at radius 2 is 0.767 bits per heavy atom. The number of hydrogen-bond donors (Lipinski definition) is 4. The molecule has 0 aliphatic rings. The van der Waals surface area contributed by atoms with Gasteiger partial charge in [0.25, 0.3) is 5.78 Å². The second-order valence-corrected chi connectivity index (χ2v) is 9.95. The number of nitrogens with one attached hydrogen (secondary N) is 4. The molecule has 0 aromatic heterocycles. The van der Waals surface area contributed by atoms with Gasteiger partial charge in [0.15, 0.2) is 15.1 Å². The highest BCUT2D eigenvalue weighted by Crippen LogP contribution is 1.89. The smallest absolute Gasteiger partial charge is 0.342 e. The van der Waals surface area contributed by atoms with Gasteiger partial charge in [0.1, 0.15) is 37.9 Å². The molecule has 0 fully saturated rings. The molecule has 0 bridgehead atoms. The number of hydrogen-bond acceptors (Lipinski definition) is 10. The zero-order valence-corrected chi connectivity index (χ0v) is 40.5. The summed E-state index contributed by atoms with van der Waals surface area (Å²) < 4.78 is 45.4. The zero-order chi connectivity index (χ0) is 50.8. The van der Waals surface area contributed by atoms with Crippen LogP contribution < -0.4 is 37.7 Å². The summed E-state index contributed by atoms with van der Waals surface area (Å²) >= 11 is 0. The Kier molecular flexibility index (Phi) is 141. The van der Waals surface area contributed by atoms with Gasteiger partial charge in [-0.15, -0.1) is 4.53 Å². The van der Waals surface area contributed by atoms with Crippen LogP contribution in [0.4, 0.5) is 0 Å². The molecule has 27 nitrogen and oxygen atoms in total. The molecule has 0 unspecified atom stereocenters. The molecule has 0 saturated heterocycles. The summed E-state index contributed by atoms with van der Waals surface area (Å²) in [4.78, 5) is 33.6. The summed E-state index contributed by atoms with van der Waals surface area (Å²) in [5.74, 6) is 4.70. The van der Waals surface area contributed by atoms with E-state index in [1.807, 2.05) is 88.6 Å². The van der Waals surface area contributed by atoms with Gasteiger partial charge in [-0.25, -0.2) is 5.48 Å². The van der Waals surface area contributed by atoms with Crippen LogP contribution in [0.2, 0.25) is 0 Å². The van der Waals surface area contributed by atoms with E-state index < -0.39 is 0 Å². The average Bonchev–Trinajstić information content (AvgIpc) is 3.13. The highest BCUT2D eigenvalue weighted by molar-refractivity contribution is 5.74. The molecule has 0 aliphatic heterocycles. The first-order valence-electron chi connectivity index (χ1n) is 16.5. The lowest BCUT2D eigenvalue weighted by molar-refractivity contribution is -1.05. The highest BCUT2D eigenvalue weighted by atomic mass is 17.2. The number of hydroxylamine groups is 6. The summed E-state index contributed by atoms with van der Waals surface area (Å²) in [5.41, 5.74) is 15.2. The van der Waals surface area contributed by atoms with Gasteiger partial charge in [-0.1, -0.05) is 29.8 Å². The molecule has 27 heteroatoms. The minimum Gasteiger partial charge on any atom is -0.463 e. The first-order chi connectivity index (χ1) is 27.8. The predicted molar refractivity (Wildman–Crippen MR) is 238 cm³/mol. The second kappa shape index (κ2) is 99.0. The molecule has 360 valence electrons. The van der Waals surface area contributed by atoms with Crippen LogP contribution in [0.5, 0.6) is 0 Å². The number of nitrogens with zero attached hydrogens (tertiary/aromatic N) is 4. The van der Waals surface area contributed by atoms with Crippen molar-refractivity contribution >= 4 is 34.7 Å². The van der Waals surface area contributed by atoms with Gasteiger partial charge in [0.05, 0.1) is 69.7 Å². The predicted octanol–water partition coefficient (Wildman–Crippen LogP) is 3.01. The standard InChI is InChI=1S/2C6H12O.C4H10NO.C4H9NO.2C3H6O2.2C2H7N2O.CH4NO2.CH3NO2.CH3O2.O3/c2*1-5(2)7-6(3)4;2*1-4(2)6-5-3;2*1-3(2)5-4;2*1-3-5-4-2;2*1-2-4-3;2*1-3-2/h2*1-4H3;5H,1-3H3;1-3H3;2*1-2H3;2*3H,1-2H3;2H,1H3;1H3;1H3;/q;;+1;;;;3*+1;;+1;. The molecule has 0 aromatic rings. The largest absolute Gasteiger partial charge is 0.463 e. The second-order valence-electron chi connectivity index (χ2n) is 9.95. The molecule has 0 aromatic carbocycles. The van der Waals surface area contributed by atoms with E-state index in [1.54, 1.807) is 74.7 Å². The van der Waals surface area contributed by atoms with E-state index in [0.717, 1.165) is 42.5 Å². The van der Waals surface area contributed by atoms with Crippen molar-refractivity contribution < 1.29 is 42.8 Å². The van der Waals surface area contributed by atoms with Crippen LogP contribution in [0, 0.1) is 60.1 Å². The van der Waals surface area contributed by atoms with Crippen LogP contribution in [0.3, 0.4) is 0 Å². The van der Waals surface area contributed by atoms with Crippen LogP contribution in [-0.2, 0) is 27.1 Å². The van der Waals surface area contributed by atoms with Crippen molar-refractivity contribution in [2.24, 2.45) is 10.4 Å². The van der Waals surface area contributed by atoms with E-state index >= 15 is 0 Å². The zero-order valence-electron chi connectivity index (χ0n) is 40.5. The molecule has 0 aliphatic carbocycles. The maximum absolute atomic E-state index is 9.09. The van der Waals surface area contributed by atoms with Crippen molar-refractivity contribution in [2.75, 3.05) is 63.5 Å². The molecular weight excluding hydrogens is 812 g/mol. The molecule has 60 heavy (non-hydrogen) atoms. The van der Waals surface area contributed by atoms with Gasteiger partial charge in [0.2, 0.25) is 19.6 Å². The molecule has 0 atom stereocenters. The summed E-state index contributed by atoms with van der Waals surface area (Å²) in [5, 5.41) is 32.5. The van der Waals surface area contributed by atoms with Crippen molar-refractivity contribution in [3.05, 3.63) is 71.0 Å². The topological polar surface area (TPSA) is 374 Å². The van der Waals surface area contributed by atoms with E-state index in [0.29, 0.717) is 11.6 Å². The third-order valence-corrected chi connectivity index (χ3v) is 2.25. The van der Waals surface area contributed by atoms with E-state index in [4.69, 9.17) is 49.0 Å². The number of ketones is 6. The van der Waals surface area contributed by atoms with Gasteiger partial charge in [-0.2, -0.15) is 9.15 Å². The van der Waals surface area contributed by atoms with Crippen molar-refractivity contribution in [3.8, 4) is 0 Å². The molecule has 0 radical (unpaired) electrons. The summed E-state index contributed by atoms with van der Waals surface area (Å²) in [6.45, 7) is 29.4. The summed E-state index contributed by atoms with van der Waals surface area (Å²) in [6, 6.07) is 0. The van der Waals surface area contributed by atoms with Crippen molar-refractivity contribution in [1.29, 1.82) is 0 Å². The Bertz CT molecular complexity index is 964. The SMILES string of the molecule is CC(C)=[O+][C-](C)C.CC(C)=[O+][C-](C)C.CC(C)=[O+][O-].CC(C)=[O+][O-].CN=[O+]NC.CN=[O+]NC.CN[O+]=C(C)C.CN[O+]=O.C[N-][O+]=C(C)C.C[N-][O+]=O.C[O+]=O.O=[O+][O-]. The van der Waals surface area contributed by atoms with E-state index in [-0.39, 0.29) is 0 Å². The van der Waals surface area contributed by atoms with Crippen LogP contribution in [0.1, 0.15) is 111 Å². The maximum atomic E-state index is 9.09. The van der Waals surface area contributed by atoms with Crippen LogP contribution >= 0.6 is 0 Å². The fraction of sp³-hybridized carbons (Fsp3) is 0.758. The molecule has 0 heterocycles. The number of carbonyl (C=O) groups excluding carboxylic acids is 6. The molecule has 0 spiro atoms. The maximum Gasteiger partial charge on any atom is 0.342 e. The first-order valence-corrected chi connectivity index (χ1v) is 16.5. The lowest BCUT2D eigenvalue weighted by atomic mass is 10.5. The van der Waals surface area contributed by atoms with Crippen LogP contribution in [0.25, 0.3) is 11.0 Å². The summed E-state index contributed by atoms with van der Waals surface area (Å²) in [7, 11) is 13.5. The number of rotatable bonds is 8. The highest BCUT2D eigenvalue weighted by Gasteiger charge is 1.88. The van der Waals surface area contributed by atoms with Gasteiger partial charge in [-0.3, -0.25) is 10.0 Å². The Labute approximate surface area is 355 Å². The van der Waals surface area contributed by atoms with E-state index in [1.165, 1.54) is 14.1 Å². The number of nitroso groups, excluding NO2 is 2. The van der Waals surface area contributed by atoms with E-state index in [9.17, 15) is 0 Å². The van der Waals surface area contributed by atoms with Gasteiger partial charge in [-0.05, 0) is 66.4 Å². The van der Waals surface area contributed by atoms with Crippen molar-refractivity contribution in [2.45, 2.75) is 111 Å². The van der Waals surface area contributed by atoms with Gasteiger partial charge >= 0.3 is 24.5 Å². The third-order valence-electron chi connectivity index (χ3n) is 2.25. The fourth-order valence-corrected chi connectivity index (χ4v) is 1.39. The molecule has 0 amide bonds. The Hall–Kier alpha value is -6.44. The minimum atomic E-state index is 0.449. The Balaban J connectivity index is -0.0000000422. The molecule has 0 saturated carbocycles. The third kappa shape index (κ3) is 427. The lowest BCUT2D eigenvalue weighted by Gasteiger charge is -1.91. The lowest BCUT2D eigenvalue weighted by Crippen LogP contribution is -2.03. The quantitative estimate of drug-likeness (QED) is 0.119. The fourth-order valence-electron chi connectivity index (χ4n) is 1.39. The first kappa shape index (κ1) is 85.7. The Morgan fingerprint density at radius 3 is 0.767 bits per heavy atom. The van der Waals surface area contributed by atoms with Gasteiger partial charge in [0, 0.05) is 37.9 Å². The normalized spacial score (nSPS) is 7.08. The summed E-state index contributed by atoms with van der Waals surface area (Å²) in [6.07, 6.45) is 2.00. The molecular formula is C33H79N8O19+5.